The van der Waals surface area contributed by atoms with E-state index in [1.807, 2.05) is 12.4 Å². The molecule has 2 rings (SSSR count). The predicted octanol–water partition coefficient (Wildman–Crippen LogP) is 0.763. The van der Waals surface area contributed by atoms with Crippen LogP contribution in [0.25, 0.3) is 0 Å². The van der Waals surface area contributed by atoms with Crippen LogP contribution in [0.2, 0.25) is 0 Å². The minimum Gasteiger partial charge on any atom is -0.310 e. The number of hydrogen-bond acceptors (Lipinski definition) is 5. The maximum absolute atomic E-state index is 4.14. The smallest absolute Gasteiger partial charge is 0.115 e. The molecule has 1 aliphatic rings. The first-order valence-electron chi connectivity index (χ1n) is 7.07. The molecule has 5 nitrogen and oxygen atoms in total. The van der Waals surface area contributed by atoms with Gasteiger partial charge in [0.1, 0.15) is 6.33 Å². The Morgan fingerprint density at radius 2 is 2.05 bits per heavy atom. The van der Waals surface area contributed by atoms with Crippen LogP contribution in [0.3, 0.4) is 0 Å². The van der Waals surface area contributed by atoms with Gasteiger partial charge in [0.15, 0.2) is 0 Å². The Bertz CT molecular complexity index is 369. The lowest BCUT2D eigenvalue weighted by Gasteiger charge is -2.39. The summed E-state index contributed by atoms with van der Waals surface area (Å²) < 4.78 is 0. The Balaban J connectivity index is 2.03. The number of likely N-dealkylation sites (N-methyl/N-ethyl adjacent to an activating group) is 2. The molecule has 5 heteroatoms. The molecule has 1 saturated heterocycles. The van der Waals surface area contributed by atoms with Gasteiger partial charge < -0.3 is 15.1 Å². The molecular formula is C14H25N5. The topological polar surface area (TPSA) is 44.3 Å². The van der Waals surface area contributed by atoms with Gasteiger partial charge in [0, 0.05) is 49.7 Å². The minimum atomic E-state index is 0.338. The molecule has 0 bridgehead atoms. The molecule has 2 heterocycles. The third-order valence-electron chi connectivity index (χ3n) is 3.92. The first-order valence-corrected chi connectivity index (χ1v) is 7.07. The van der Waals surface area contributed by atoms with Crippen molar-refractivity contribution in [1.29, 1.82) is 0 Å². The van der Waals surface area contributed by atoms with E-state index in [4.69, 9.17) is 0 Å². The van der Waals surface area contributed by atoms with Crippen molar-refractivity contribution in [2.75, 3.05) is 40.3 Å². The van der Waals surface area contributed by atoms with Gasteiger partial charge in [0.05, 0.1) is 0 Å². The first-order chi connectivity index (χ1) is 9.20. The maximum atomic E-state index is 4.14. The normalized spacial score (nSPS) is 23.4. The second-order valence-corrected chi connectivity index (χ2v) is 5.41. The van der Waals surface area contributed by atoms with Gasteiger partial charge in [-0.05, 0) is 27.1 Å². The van der Waals surface area contributed by atoms with Gasteiger partial charge in [-0.25, -0.2) is 9.97 Å². The Labute approximate surface area is 116 Å². The number of rotatable bonds is 5. The average molecular weight is 263 g/mol. The maximum Gasteiger partial charge on any atom is 0.115 e. The van der Waals surface area contributed by atoms with E-state index in [0.717, 1.165) is 32.6 Å². The monoisotopic (exact) mass is 263 g/mol. The highest BCUT2D eigenvalue weighted by atomic mass is 15.3. The molecule has 0 aliphatic carbocycles. The van der Waals surface area contributed by atoms with Crippen molar-refractivity contribution in [2.24, 2.45) is 0 Å². The largest absolute Gasteiger partial charge is 0.310 e. The van der Waals surface area contributed by atoms with E-state index in [1.165, 1.54) is 5.56 Å². The average Bonchev–Trinajstić information content (AvgIpc) is 2.43. The summed E-state index contributed by atoms with van der Waals surface area (Å²) in [4.78, 5) is 13.2. The molecule has 106 valence electrons. The Hall–Kier alpha value is -1.04. The van der Waals surface area contributed by atoms with Crippen molar-refractivity contribution >= 4 is 0 Å². The number of nitrogens with one attached hydrogen (secondary N) is 1. The highest BCUT2D eigenvalue weighted by Crippen LogP contribution is 2.21. The molecule has 0 saturated carbocycles. The van der Waals surface area contributed by atoms with E-state index in [1.54, 1.807) is 6.33 Å². The zero-order valence-electron chi connectivity index (χ0n) is 12.2. The van der Waals surface area contributed by atoms with Crippen LogP contribution in [0.1, 0.15) is 24.9 Å². The Morgan fingerprint density at radius 1 is 1.32 bits per heavy atom. The lowest BCUT2D eigenvalue weighted by atomic mass is 9.99. The van der Waals surface area contributed by atoms with Crippen LogP contribution >= 0.6 is 0 Å². The zero-order chi connectivity index (χ0) is 13.7. The molecule has 1 N–H and O–H groups in total. The van der Waals surface area contributed by atoms with Crippen LogP contribution in [0.4, 0.5) is 0 Å². The van der Waals surface area contributed by atoms with E-state index < -0.39 is 0 Å². The van der Waals surface area contributed by atoms with E-state index in [2.05, 4.69) is 46.1 Å². The number of piperazine rings is 1. The summed E-state index contributed by atoms with van der Waals surface area (Å²) >= 11 is 0. The van der Waals surface area contributed by atoms with Crippen molar-refractivity contribution in [1.82, 2.24) is 25.1 Å². The minimum absolute atomic E-state index is 0.338. The van der Waals surface area contributed by atoms with E-state index in [0.29, 0.717) is 12.1 Å². The number of nitrogens with zero attached hydrogens (tertiary/aromatic N) is 4. The van der Waals surface area contributed by atoms with Crippen molar-refractivity contribution < 1.29 is 0 Å². The van der Waals surface area contributed by atoms with Gasteiger partial charge in [-0.2, -0.15) is 0 Å². The van der Waals surface area contributed by atoms with Gasteiger partial charge in [-0.3, -0.25) is 0 Å². The molecule has 0 spiro atoms. The lowest BCUT2D eigenvalue weighted by molar-refractivity contribution is 0.101. The fourth-order valence-corrected chi connectivity index (χ4v) is 2.70. The predicted molar refractivity (Wildman–Crippen MR) is 77.0 cm³/mol. The second kappa shape index (κ2) is 6.93. The van der Waals surface area contributed by atoms with Crippen LogP contribution in [0.15, 0.2) is 18.7 Å². The summed E-state index contributed by atoms with van der Waals surface area (Å²) in [5.41, 5.74) is 1.19. The highest BCUT2D eigenvalue weighted by Gasteiger charge is 2.25. The SMILES string of the molecule is CCNC(CC1CN(C)CCN1C)c1cncnc1. The summed E-state index contributed by atoms with van der Waals surface area (Å²) in [5, 5.41) is 3.56. The quantitative estimate of drug-likeness (QED) is 0.850. The molecular weight excluding hydrogens is 238 g/mol. The molecule has 1 aromatic rings. The van der Waals surface area contributed by atoms with E-state index >= 15 is 0 Å². The second-order valence-electron chi connectivity index (χ2n) is 5.41. The molecule has 0 aromatic carbocycles. The third kappa shape index (κ3) is 3.96. The van der Waals surface area contributed by atoms with Gasteiger partial charge in [-0.1, -0.05) is 6.92 Å². The molecule has 19 heavy (non-hydrogen) atoms. The highest BCUT2D eigenvalue weighted by molar-refractivity contribution is 5.10. The number of aromatic nitrogens is 2. The van der Waals surface area contributed by atoms with Gasteiger partial charge in [0.25, 0.3) is 0 Å². The van der Waals surface area contributed by atoms with Crippen LogP contribution in [0, 0.1) is 0 Å². The van der Waals surface area contributed by atoms with Crippen molar-refractivity contribution in [3.05, 3.63) is 24.3 Å². The molecule has 1 aromatic heterocycles. The molecule has 1 fully saturated rings. The lowest BCUT2D eigenvalue weighted by Crippen LogP contribution is -2.51. The van der Waals surface area contributed by atoms with E-state index in [-0.39, 0.29) is 0 Å². The summed E-state index contributed by atoms with van der Waals surface area (Å²) in [6.07, 6.45) is 6.54. The van der Waals surface area contributed by atoms with Gasteiger partial charge in [-0.15, -0.1) is 0 Å². The fourth-order valence-electron chi connectivity index (χ4n) is 2.70. The summed E-state index contributed by atoms with van der Waals surface area (Å²) in [6, 6.07) is 0.924. The zero-order valence-corrected chi connectivity index (χ0v) is 12.2. The molecule has 1 aliphatic heterocycles. The van der Waals surface area contributed by atoms with E-state index in [9.17, 15) is 0 Å². The third-order valence-corrected chi connectivity index (χ3v) is 3.92. The summed E-state index contributed by atoms with van der Waals surface area (Å²) in [5.74, 6) is 0. The molecule has 2 atom stereocenters. The van der Waals surface area contributed by atoms with Crippen LogP contribution in [-0.2, 0) is 0 Å². The van der Waals surface area contributed by atoms with Crippen LogP contribution in [-0.4, -0.2) is 66.1 Å². The Morgan fingerprint density at radius 3 is 2.74 bits per heavy atom. The van der Waals surface area contributed by atoms with Crippen molar-refractivity contribution in [3.63, 3.8) is 0 Å². The summed E-state index contributed by atoms with van der Waals surface area (Å²) in [7, 11) is 4.43. The number of hydrogen-bond donors (Lipinski definition) is 1. The standard InChI is InChI=1S/C14H25N5/c1-4-17-14(12-8-15-11-16-9-12)7-13-10-18(2)5-6-19(13)3/h8-9,11,13-14,17H,4-7,10H2,1-3H3. The fraction of sp³-hybridized carbons (Fsp3) is 0.714. The van der Waals surface area contributed by atoms with Gasteiger partial charge in [0.2, 0.25) is 0 Å². The van der Waals surface area contributed by atoms with Gasteiger partial charge >= 0.3 is 0 Å². The first kappa shape index (κ1) is 14.4. The van der Waals surface area contributed by atoms with Crippen LogP contribution in [0.5, 0.6) is 0 Å². The molecule has 2 unspecified atom stereocenters. The molecule has 0 radical (unpaired) electrons. The Kier molecular flexibility index (Phi) is 5.24. The summed E-state index contributed by atoms with van der Waals surface area (Å²) in [6.45, 7) is 6.55. The molecule has 0 amide bonds. The van der Waals surface area contributed by atoms with Crippen LogP contribution < -0.4 is 5.32 Å². The van der Waals surface area contributed by atoms with Crippen molar-refractivity contribution in [2.45, 2.75) is 25.4 Å². The van der Waals surface area contributed by atoms with Crippen molar-refractivity contribution in [3.8, 4) is 0 Å².